The topological polar surface area (TPSA) is 55.1 Å². The van der Waals surface area contributed by atoms with Gasteiger partial charge < -0.3 is 11.1 Å². The Balaban J connectivity index is 2.56. The lowest BCUT2D eigenvalue weighted by atomic mass is 10.1. The molecule has 1 rings (SSSR count). The molecule has 1 amide bonds. The van der Waals surface area contributed by atoms with Gasteiger partial charge in [0.2, 0.25) is 5.91 Å². The molecule has 3 N–H and O–H groups in total. The van der Waals surface area contributed by atoms with Crippen LogP contribution >= 0.6 is 22.9 Å². The van der Waals surface area contributed by atoms with E-state index in [0.29, 0.717) is 17.4 Å². The van der Waals surface area contributed by atoms with E-state index >= 15 is 0 Å². The predicted molar refractivity (Wildman–Crippen MR) is 59.8 cm³/mol. The molecular weight excluding hydrogens is 220 g/mol. The quantitative estimate of drug-likeness (QED) is 0.828. The van der Waals surface area contributed by atoms with Gasteiger partial charge in [-0.25, -0.2) is 0 Å². The molecule has 0 spiro atoms. The van der Waals surface area contributed by atoms with Crippen molar-refractivity contribution in [3.05, 3.63) is 21.3 Å². The first-order valence-corrected chi connectivity index (χ1v) is 5.57. The van der Waals surface area contributed by atoms with E-state index in [2.05, 4.69) is 5.32 Å². The van der Waals surface area contributed by atoms with Crippen molar-refractivity contribution in [2.75, 3.05) is 13.1 Å². The van der Waals surface area contributed by atoms with Gasteiger partial charge in [-0.15, -0.1) is 11.3 Å². The lowest BCUT2D eigenvalue weighted by molar-refractivity contribution is -0.122. The summed E-state index contributed by atoms with van der Waals surface area (Å²) in [6.45, 7) is 2.83. The van der Waals surface area contributed by atoms with Crippen LogP contribution in [0, 0.1) is 0 Å². The molecule has 0 aromatic carbocycles. The lowest BCUT2D eigenvalue weighted by Crippen LogP contribution is -2.32. The molecule has 0 saturated heterocycles. The van der Waals surface area contributed by atoms with Crippen molar-refractivity contribution < 1.29 is 4.79 Å². The van der Waals surface area contributed by atoms with Crippen LogP contribution in [-0.2, 0) is 4.79 Å². The molecule has 1 atom stereocenters. The second-order valence-electron chi connectivity index (χ2n) is 2.94. The fraction of sp³-hybridized carbons (Fsp3) is 0.444. The minimum Gasteiger partial charge on any atom is -0.354 e. The molecule has 1 unspecified atom stereocenters. The molecule has 1 aromatic heterocycles. The summed E-state index contributed by atoms with van der Waals surface area (Å²) in [5.74, 6) is -0.159. The first-order valence-electron chi connectivity index (χ1n) is 4.38. The first kappa shape index (κ1) is 11.5. The highest BCUT2D eigenvalue weighted by atomic mass is 35.5. The number of carbonyl (C=O) groups is 1. The third-order valence-electron chi connectivity index (χ3n) is 1.86. The molecular formula is C9H13ClN2OS. The smallest absolute Gasteiger partial charge is 0.228 e. The first-order chi connectivity index (χ1) is 6.65. The summed E-state index contributed by atoms with van der Waals surface area (Å²) < 4.78 is 0.707. The minimum absolute atomic E-state index is 0.00559. The Labute approximate surface area is 92.3 Å². The molecule has 0 aliphatic rings. The van der Waals surface area contributed by atoms with Crippen molar-refractivity contribution in [2.45, 2.75) is 12.8 Å². The average Bonchev–Trinajstić information content (AvgIpc) is 2.60. The molecule has 5 heteroatoms. The van der Waals surface area contributed by atoms with Gasteiger partial charge in [0.1, 0.15) is 0 Å². The number of amides is 1. The average molecular weight is 233 g/mol. The van der Waals surface area contributed by atoms with Crippen LogP contribution in [0.4, 0.5) is 0 Å². The number of halogens is 1. The molecule has 14 heavy (non-hydrogen) atoms. The largest absolute Gasteiger partial charge is 0.354 e. The van der Waals surface area contributed by atoms with Gasteiger partial charge in [0.05, 0.1) is 10.3 Å². The van der Waals surface area contributed by atoms with Crippen molar-refractivity contribution >= 4 is 28.8 Å². The number of hydrogen-bond acceptors (Lipinski definition) is 3. The Kier molecular flexibility index (Phi) is 4.38. The Morgan fingerprint density at radius 2 is 2.43 bits per heavy atom. The van der Waals surface area contributed by atoms with E-state index in [1.807, 2.05) is 13.0 Å². The molecule has 0 aliphatic heterocycles. The van der Waals surface area contributed by atoms with E-state index in [9.17, 15) is 4.79 Å². The van der Waals surface area contributed by atoms with E-state index in [1.165, 1.54) is 11.3 Å². The lowest BCUT2D eigenvalue weighted by Gasteiger charge is -2.09. The number of carbonyl (C=O) groups excluding carboxylic acids is 1. The molecule has 3 nitrogen and oxygen atoms in total. The monoisotopic (exact) mass is 232 g/mol. The second-order valence-corrected chi connectivity index (χ2v) is 4.69. The van der Waals surface area contributed by atoms with Gasteiger partial charge in [-0.05, 0) is 19.1 Å². The third-order valence-corrected chi connectivity index (χ3v) is 3.27. The normalized spacial score (nSPS) is 12.5. The number of nitrogens with two attached hydrogens (primary N) is 1. The molecule has 0 radical (unpaired) electrons. The van der Waals surface area contributed by atoms with Crippen LogP contribution in [0.3, 0.4) is 0 Å². The highest BCUT2D eigenvalue weighted by Crippen LogP contribution is 2.27. The van der Waals surface area contributed by atoms with Crippen LogP contribution in [0.2, 0.25) is 4.34 Å². The maximum absolute atomic E-state index is 11.5. The van der Waals surface area contributed by atoms with Crippen molar-refractivity contribution in [1.29, 1.82) is 0 Å². The van der Waals surface area contributed by atoms with E-state index in [0.717, 1.165) is 4.88 Å². The fourth-order valence-electron chi connectivity index (χ4n) is 1.04. The maximum Gasteiger partial charge on any atom is 0.228 e. The summed E-state index contributed by atoms with van der Waals surface area (Å²) >= 11 is 7.21. The van der Waals surface area contributed by atoms with Gasteiger partial charge >= 0.3 is 0 Å². The van der Waals surface area contributed by atoms with Crippen molar-refractivity contribution in [2.24, 2.45) is 5.73 Å². The molecule has 1 heterocycles. The zero-order chi connectivity index (χ0) is 10.6. The van der Waals surface area contributed by atoms with Crippen LogP contribution in [-0.4, -0.2) is 19.0 Å². The number of nitrogens with one attached hydrogen (secondary N) is 1. The zero-order valence-corrected chi connectivity index (χ0v) is 9.49. The highest BCUT2D eigenvalue weighted by Gasteiger charge is 2.16. The third kappa shape index (κ3) is 2.97. The van der Waals surface area contributed by atoms with Gasteiger partial charge in [-0.1, -0.05) is 11.6 Å². The van der Waals surface area contributed by atoms with Crippen LogP contribution in [0.25, 0.3) is 0 Å². The number of thiophene rings is 1. The molecule has 0 saturated carbocycles. The zero-order valence-electron chi connectivity index (χ0n) is 7.92. The van der Waals surface area contributed by atoms with Gasteiger partial charge in [0, 0.05) is 18.0 Å². The standard InChI is InChI=1S/C9H13ClN2OS/c1-6(9(13)12-5-4-11)7-2-3-8(10)14-7/h2-3,6H,4-5,11H2,1H3,(H,12,13). The molecule has 0 fully saturated rings. The summed E-state index contributed by atoms with van der Waals surface area (Å²) in [5, 5.41) is 2.74. The summed E-state index contributed by atoms with van der Waals surface area (Å²) in [4.78, 5) is 12.5. The summed E-state index contributed by atoms with van der Waals surface area (Å²) in [6, 6.07) is 3.67. The summed E-state index contributed by atoms with van der Waals surface area (Å²) in [7, 11) is 0. The minimum atomic E-state index is -0.154. The van der Waals surface area contributed by atoms with Gasteiger partial charge in [-0.3, -0.25) is 4.79 Å². The fourth-order valence-corrected chi connectivity index (χ4v) is 2.15. The Bertz CT molecular complexity index is 314. The predicted octanol–water partition coefficient (Wildman–Crippen LogP) is 1.58. The SMILES string of the molecule is CC(C(=O)NCCN)c1ccc(Cl)s1. The van der Waals surface area contributed by atoms with E-state index in [1.54, 1.807) is 6.07 Å². The molecule has 0 aliphatic carbocycles. The van der Waals surface area contributed by atoms with Gasteiger partial charge in [0.25, 0.3) is 0 Å². The number of rotatable bonds is 4. The highest BCUT2D eigenvalue weighted by molar-refractivity contribution is 7.16. The van der Waals surface area contributed by atoms with Crippen molar-refractivity contribution in [3.8, 4) is 0 Å². The number of hydrogen-bond donors (Lipinski definition) is 2. The molecule has 78 valence electrons. The Morgan fingerprint density at radius 3 is 2.93 bits per heavy atom. The van der Waals surface area contributed by atoms with E-state index in [4.69, 9.17) is 17.3 Å². The van der Waals surface area contributed by atoms with Crippen LogP contribution in [0.15, 0.2) is 12.1 Å². The van der Waals surface area contributed by atoms with Crippen LogP contribution in [0.1, 0.15) is 17.7 Å². The Morgan fingerprint density at radius 1 is 1.71 bits per heavy atom. The van der Waals surface area contributed by atoms with Crippen molar-refractivity contribution in [3.63, 3.8) is 0 Å². The Hall–Kier alpha value is -0.580. The molecule has 1 aromatic rings. The summed E-state index contributed by atoms with van der Waals surface area (Å²) in [6.07, 6.45) is 0. The van der Waals surface area contributed by atoms with Crippen LogP contribution in [0.5, 0.6) is 0 Å². The molecule has 0 bridgehead atoms. The second kappa shape index (κ2) is 5.34. The van der Waals surface area contributed by atoms with E-state index < -0.39 is 0 Å². The van der Waals surface area contributed by atoms with Crippen LogP contribution < -0.4 is 11.1 Å². The summed E-state index contributed by atoms with van der Waals surface area (Å²) in [5.41, 5.74) is 5.29. The van der Waals surface area contributed by atoms with Gasteiger partial charge in [-0.2, -0.15) is 0 Å². The maximum atomic E-state index is 11.5. The van der Waals surface area contributed by atoms with Crippen molar-refractivity contribution in [1.82, 2.24) is 5.32 Å². The van der Waals surface area contributed by atoms with E-state index in [-0.39, 0.29) is 11.8 Å². The van der Waals surface area contributed by atoms with Gasteiger partial charge in [0.15, 0.2) is 0 Å².